The zero-order valence-corrected chi connectivity index (χ0v) is 15.8. The van der Waals surface area contributed by atoms with E-state index in [-0.39, 0.29) is 5.43 Å². The van der Waals surface area contributed by atoms with Gasteiger partial charge in [0.25, 0.3) is 0 Å². The number of allylic oxidation sites excluding steroid dienone is 1. The van der Waals surface area contributed by atoms with Crippen LogP contribution >= 0.6 is 0 Å². The zero-order valence-electron chi connectivity index (χ0n) is 15.8. The Labute approximate surface area is 160 Å². The van der Waals surface area contributed by atoms with E-state index in [2.05, 4.69) is 48.6 Å². The van der Waals surface area contributed by atoms with E-state index in [1.165, 1.54) is 11.1 Å². The van der Waals surface area contributed by atoms with E-state index in [4.69, 9.17) is 0 Å². The third-order valence-corrected chi connectivity index (χ3v) is 4.67. The molecule has 1 heterocycles. The minimum Gasteiger partial charge on any atom is -0.355 e. The van der Waals surface area contributed by atoms with Crippen molar-refractivity contribution < 1.29 is 0 Å². The molecule has 0 aliphatic carbocycles. The predicted molar refractivity (Wildman–Crippen MR) is 116 cm³/mol. The second kappa shape index (κ2) is 8.65. The third-order valence-electron chi connectivity index (χ3n) is 4.67. The van der Waals surface area contributed by atoms with Crippen LogP contribution in [-0.2, 0) is 6.54 Å². The summed E-state index contributed by atoms with van der Waals surface area (Å²) in [5.74, 6) is 0. The van der Waals surface area contributed by atoms with Crippen LogP contribution in [0.2, 0.25) is 0 Å². The van der Waals surface area contributed by atoms with Crippen molar-refractivity contribution in [3.8, 4) is 0 Å². The maximum absolute atomic E-state index is 12.2. The molecule has 0 spiro atoms. The summed E-state index contributed by atoms with van der Waals surface area (Å²) in [6, 6.07) is 15.7. The van der Waals surface area contributed by atoms with Crippen LogP contribution in [0.5, 0.6) is 0 Å². The molecular formula is C24H26N2O. The monoisotopic (exact) mass is 358 g/mol. The Hall–Kier alpha value is -2.91. The summed E-state index contributed by atoms with van der Waals surface area (Å²) in [4.78, 5) is 15.6. The molecule has 0 aliphatic heterocycles. The van der Waals surface area contributed by atoms with Crippen LogP contribution in [0.1, 0.15) is 35.2 Å². The highest BCUT2D eigenvalue weighted by atomic mass is 16.1. The van der Waals surface area contributed by atoms with Gasteiger partial charge in [0, 0.05) is 29.2 Å². The fraction of sp³-hybridized carbons (Fsp3) is 0.208. The van der Waals surface area contributed by atoms with Gasteiger partial charge in [0.05, 0.1) is 0 Å². The van der Waals surface area contributed by atoms with Crippen LogP contribution in [0, 0.1) is 6.92 Å². The SMILES string of the molecule is C=Cc1cc(C)cc(CNCCCC(=C)c2cc(=O)c3ccccc3[nH]2)c1. The van der Waals surface area contributed by atoms with Crippen LogP contribution in [0.3, 0.4) is 0 Å². The molecule has 2 N–H and O–H groups in total. The van der Waals surface area contributed by atoms with E-state index in [1.54, 1.807) is 6.07 Å². The Morgan fingerprint density at radius 1 is 1.19 bits per heavy atom. The van der Waals surface area contributed by atoms with Gasteiger partial charge in [-0.15, -0.1) is 0 Å². The van der Waals surface area contributed by atoms with Crippen LogP contribution < -0.4 is 10.7 Å². The van der Waals surface area contributed by atoms with Gasteiger partial charge in [0.1, 0.15) is 0 Å². The molecule has 0 saturated carbocycles. The lowest BCUT2D eigenvalue weighted by Crippen LogP contribution is -2.15. The Bertz CT molecular complexity index is 1030. The zero-order chi connectivity index (χ0) is 19.2. The smallest absolute Gasteiger partial charge is 0.189 e. The minimum atomic E-state index is 0.0381. The molecular weight excluding hydrogens is 332 g/mol. The molecule has 0 radical (unpaired) electrons. The molecule has 0 atom stereocenters. The highest BCUT2D eigenvalue weighted by molar-refractivity contribution is 5.80. The topological polar surface area (TPSA) is 44.9 Å². The van der Waals surface area contributed by atoms with Gasteiger partial charge in [-0.05, 0) is 55.1 Å². The van der Waals surface area contributed by atoms with Gasteiger partial charge in [-0.3, -0.25) is 4.79 Å². The van der Waals surface area contributed by atoms with Crippen molar-refractivity contribution in [3.05, 3.63) is 94.3 Å². The van der Waals surface area contributed by atoms with E-state index >= 15 is 0 Å². The lowest BCUT2D eigenvalue weighted by Gasteiger charge is -2.10. The van der Waals surface area contributed by atoms with Crippen molar-refractivity contribution in [2.45, 2.75) is 26.3 Å². The number of aryl methyl sites for hydroxylation is 1. The number of pyridine rings is 1. The van der Waals surface area contributed by atoms with E-state index in [0.29, 0.717) is 5.39 Å². The number of aromatic nitrogens is 1. The van der Waals surface area contributed by atoms with Gasteiger partial charge in [-0.2, -0.15) is 0 Å². The van der Waals surface area contributed by atoms with Gasteiger partial charge < -0.3 is 10.3 Å². The lowest BCUT2D eigenvalue weighted by molar-refractivity contribution is 0.658. The van der Waals surface area contributed by atoms with Crippen LogP contribution in [0.25, 0.3) is 22.6 Å². The molecule has 3 nitrogen and oxygen atoms in total. The maximum atomic E-state index is 12.2. The quantitative estimate of drug-likeness (QED) is 0.553. The molecule has 3 heteroatoms. The Morgan fingerprint density at radius 3 is 2.81 bits per heavy atom. The molecule has 0 fully saturated rings. The van der Waals surface area contributed by atoms with E-state index in [1.807, 2.05) is 30.3 Å². The normalized spacial score (nSPS) is 10.9. The number of benzene rings is 2. The minimum absolute atomic E-state index is 0.0381. The number of aromatic amines is 1. The summed E-state index contributed by atoms with van der Waals surface area (Å²) >= 11 is 0. The average molecular weight is 358 g/mol. The van der Waals surface area contributed by atoms with Crippen LogP contribution in [0.15, 0.2) is 66.5 Å². The summed E-state index contributed by atoms with van der Waals surface area (Å²) in [5.41, 5.74) is 6.35. The molecule has 3 rings (SSSR count). The summed E-state index contributed by atoms with van der Waals surface area (Å²) < 4.78 is 0. The van der Waals surface area contributed by atoms with E-state index in [9.17, 15) is 4.79 Å². The van der Waals surface area contributed by atoms with Gasteiger partial charge in [-0.1, -0.05) is 55.1 Å². The first-order valence-corrected chi connectivity index (χ1v) is 9.31. The van der Waals surface area contributed by atoms with Gasteiger partial charge >= 0.3 is 0 Å². The largest absolute Gasteiger partial charge is 0.355 e. The number of nitrogens with one attached hydrogen (secondary N) is 2. The molecule has 2 aromatic carbocycles. The maximum Gasteiger partial charge on any atom is 0.189 e. The highest BCUT2D eigenvalue weighted by Gasteiger charge is 2.05. The lowest BCUT2D eigenvalue weighted by atomic mass is 10.1. The van der Waals surface area contributed by atoms with Crippen molar-refractivity contribution in [3.63, 3.8) is 0 Å². The molecule has 0 amide bonds. The van der Waals surface area contributed by atoms with Crippen LogP contribution in [0.4, 0.5) is 0 Å². The van der Waals surface area contributed by atoms with Crippen LogP contribution in [-0.4, -0.2) is 11.5 Å². The fourth-order valence-electron chi connectivity index (χ4n) is 3.30. The highest BCUT2D eigenvalue weighted by Crippen LogP contribution is 2.17. The number of hydrogen-bond donors (Lipinski definition) is 2. The third kappa shape index (κ3) is 4.83. The molecule has 138 valence electrons. The van der Waals surface area contributed by atoms with Crippen molar-refractivity contribution in [1.29, 1.82) is 0 Å². The Kier molecular flexibility index (Phi) is 6.05. The summed E-state index contributed by atoms with van der Waals surface area (Å²) in [7, 11) is 0. The second-order valence-electron chi connectivity index (χ2n) is 6.93. The van der Waals surface area contributed by atoms with Crippen molar-refractivity contribution in [2.24, 2.45) is 0 Å². The van der Waals surface area contributed by atoms with Gasteiger partial charge in [-0.25, -0.2) is 0 Å². The number of H-pyrrole nitrogens is 1. The first-order chi connectivity index (χ1) is 13.1. The number of rotatable bonds is 8. The van der Waals surface area contributed by atoms with Gasteiger partial charge in [0.2, 0.25) is 0 Å². The molecule has 3 aromatic rings. The number of hydrogen-bond acceptors (Lipinski definition) is 2. The molecule has 0 unspecified atom stereocenters. The van der Waals surface area contributed by atoms with E-state index in [0.717, 1.165) is 48.3 Å². The van der Waals surface area contributed by atoms with E-state index < -0.39 is 0 Å². The first-order valence-electron chi connectivity index (χ1n) is 9.31. The van der Waals surface area contributed by atoms with Crippen molar-refractivity contribution in [2.75, 3.05) is 6.54 Å². The number of fused-ring (bicyclic) bond motifs is 1. The predicted octanol–water partition coefficient (Wildman–Crippen LogP) is 5.06. The summed E-state index contributed by atoms with van der Waals surface area (Å²) in [5, 5.41) is 4.20. The summed E-state index contributed by atoms with van der Waals surface area (Å²) in [6.45, 7) is 11.8. The average Bonchev–Trinajstić information content (AvgIpc) is 2.67. The molecule has 0 aliphatic rings. The summed E-state index contributed by atoms with van der Waals surface area (Å²) in [6.07, 6.45) is 3.69. The standard InChI is InChI=1S/C24H26N2O/c1-4-19-12-17(2)13-20(14-19)16-25-11-7-8-18(3)23-15-24(27)21-9-5-6-10-22(21)26-23/h4-6,9-10,12-15,25H,1,3,7-8,11,16H2,2H3,(H,26,27). The fourth-order valence-corrected chi connectivity index (χ4v) is 3.30. The van der Waals surface area contributed by atoms with Crippen molar-refractivity contribution in [1.82, 2.24) is 10.3 Å². The second-order valence-corrected chi connectivity index (χ2v) is 6.93. The number of para-hydroxylation sites is 1. The molecule has 0 saturated heterocycles. The molecule has 1 aromatic heterocycles. The Morgan fingerprint density at radius 2 is 2.00 bits per heavy atom. The Balaban J connectivity index is 1.52. The van der Waals surface area contributed by atoms with Gasteiger partial charge in [0.15, 0.2) is 5.43 Å². The first kappa shape index (κ1) is 18.9. The van der Waals surface area contributed by atoms with Crippen molar-refractivity contribution >= 4 is 22.6 Å². The molecule has 0 bridgehead atoms. The molecule has 27 heavy (non-hydrogen) atoms.